The number of nitrogens with one attached hydrogen (secondary N) is 1. The van der Waals surface area contributed by atoms with Crippen LogP contribution in [0.5, 0.6) is 0 Å². The Kier molecular flexibility index (Phi) is 5.68. The molecule has 0 saturated heterocycles. The Morgan fingerprint density at radius 2 is 2.05 bits per heavy atom. The van der Waals surface area contributed by atoms with Gasteiger partial charge >= 0.3 is 0 Å². The lowest BCUT2D eigenvalue weighted by Gasteiger charge is -2.26. The summed E-state index contributed by atoms with van der Waals surface area (Å²) in [5.74, 6) is -0.189. The molecule has 0 spiro atoms. The predicted molar refractivity (Wildman–Crippen MR) is 86.5 cm³/mol. The summed E-state index contributed by atoms with van der Waals surface area (Å²) in [6.07, 6.45) is 7.25. The number of aliphatic hydroxyl groups excluding tert-OH is 1. The van der Waals surface area contributed by atoms with E-state index >= 15 is 0 Å². The Hall–Kier alpha value is -1.03. The molecule has 1 aromatic carbocycles. The number of carbonyl (C=O) groups excluding carboxylic acids is 1. The van der Waals surface area contributed by atoms with Crippen molar-refractivity contribution in [3.8, 4) is 0 Å². The van der Waals surface area contributed by atoms with E-state index in [0.29, 0.717) is 22.2 Å². The third kappa shape index (κ3) is 4.47. The highest BCUT2D eigenvalue weighted by atomic mass is 35.5. The summed E-state index contributed by atoms with van der Waals surface area (Å²) in [6, 6.07) is 5.10. The number of hydrogen-bond acceptors (Lipinski definition) is 2. The molecular weight excluding hydrogens is 309 g/mol. The van der Waals surface area contributed by atoms with Crippen LogP contribution in [0.1, 0.15) is 31.2 Å². The third-order valence-electron chi connectivity index (χ3n) is 4.01. The second-order valence-corrected chi connectivity index (χ2v) is 6.43. The summed E-state index contributed by atoms with van der Waals surface area (Å²) in [6.45, 7) is 0.632. The van der Waals surface area contributed by atoms with Gasteiger partial charge in [-0.2, -0.15) is 0 Å². The van der Waals surface area contributed by atoms with Crippen molar-refractivity contribution in [3.05, 3.63) is 39.9 Å². The lowest BCUT2D eigenvalue weighted by Crippen LogP contribution is -2.37. The minimum Gasteiger partial charge on any atom is -0.396 e. The zero-order chi connectivity index (χ0) is 15.3. The predicted octanol–water partition coefficient (Wildman–Crippen LogP) is 3.68. The van der Waals surface area contributed by atoms with Crippen LogP contribution in [-0.2, 0) is 4.79 Å². The van der Waals surface area contributed by atoms with Crippen LogP contribution in [0.3, 0.4) is 0 Å². The van der Waals surface area contributed by atoms with Gasteiger partial charge in [0.05, 0.1) is 6.61 Å². The molecule has 1 aliphatic carbocycles. The maximum Gasteiger partial charge on any atom is 0.244 e. The fourth-order valence-corrected chi connectivity index (χ4v) is 3.02. The van der Waals surface area contributed by atoms with Crippen molar-refractivity contribution >= 4 is 35.2 Å². The van der Waals surface area contributed by atoms with E-state index in [0.717, 1.165) is 25.7 Å². The molecule has 0 bridgehead atoms. The van der Waals surface area contributed by atoms with Crippen LogP contribution in [0, 0.1) is 5.41 Å². The van der Waals surface area contributed by atoms with E-state index in [-0.39, 0.29) is 17.9 Å². The molecule has 21 heavy (non-hydrogen) atoms. The minimum absolute atomic E-state index is 0.122. The lowest BCUT2D eigenvalue weighted by atomic mass is 9.87. The Balaban J connectivity index is 1.92. The molecule has 0 atom stereocenters. The highest BCUT2D eigenvalue weighted by Crippen LogP contribution is 2.36. The molecule has 0 aromatic heterocycles. The highest BCUT2D eigenvalue weighted by Gasteiger charge is 2.33. The van der Waals surface area contributed by atoms with Gasteiger partial charge < -0.3 is 10.4 Å². The number of benzene rings is 1. The van der Waals surface area contributed by atoms with E-state index in [4.69, 9.17) is 23.2 Å². The van der Waals surface area contributed by atoms with Gasteiger partial charge in [0.1, 0.15) is 0 Å². The third-order valence-corrected chi connectivity index (χ3v) is 4.59. The van der Waals surface area contributed by atoms with Gasteiger partial charge in [-0.3, -0.25) is 4.79 Å². The standard InChI is InChI=1S/C16H19Cl2NO2/c17-13-4-5-14(18)12(9-13)3-6-15(21)19-10-16(11-20)7-1-2-8-16/h3-6,9,20H,1-2,7-8,10-11H2,(H,19,21)/b6-3+. The van der Waals surface area contributed by atoms with Crippen molar-refractivity contribution in [1.29, 1.82) is 0 Å². The fourth-order valence-electron chi connectivity index (χ4n) is 2.66. The van der Waals surface area contributed by atoms with Crippen LogP contribution in [0.2, 0.25) is 10.0 Å². The van der Waals surface area contributed by atoms with Crippen molar-refractivity contribution in [3.63, 3.8) is 0 Å². The van der Waals surface area contributed by atoms with Gasteiger partial charge in [0.15, 0.2) is 0 Å². The van der Waals surface area contributed by atoms with Gasteiger partial charge in [-0.15, -0.1) is 0 Å². The first-order valence-electron chi connectivity index (χ1n) is 7.06. The van der Waals surface area contributed by atoms with Crippen molar-refractivity contribution < 1.29 is 9.90 Å². The first kappa shape index (κ1) is 16.3. The molecule has 1 amide bonds. The number of amides is 1. The summed E-state index contributed by atoms with van der Waals surface area (Å²) in [5.41, 5.74) is 0.564. The van der Waals surface area contributed by atoms with Crippen LogP contribution in [0.25, 0.3) is 6.08 Å². The molecule has 3 nitrogen and oxygen atoms in total. The second-order valence-electron chi connectivity index (χ2n) is 5.58. The Morgan fingerprint density at radius 1 is 1.33 bits per heavy atom. The number of hydrogen-bond donors (Lipinski definition) is 2. The molecule has 0 unspecified atom stereocenters. The first-order chi connectivity index (χ1) is 10.0. The Bertz CT molecular complexity index is 537. The molecule has 0 aliphatic heterocycles. The van der Waals surface area contributed by atoms with E-state index in [1.54, 1.807) is 24.3 Å². The number of carbonyl (C=O) groups is 1. The number of rotatable bonds is 5. The largest absolute Gasteiger partial charge is 0.396 e. The lowest BCUT2D eigenvalue weighted by molar-refractivity contribution is -0.117. The van der Waals surface area contributed by atoms with Gasteiger partial charge in [0.25, 0.3) is 0 Å². The molecule has 5 heteroatoms. The first-order valence-corrected chi connectivity index (χ1v) is 7.82. The minimum atomic E-state index is -0.189. The zero-order valence-corrected chi connectivity index (χ0v) is 13.3. The number of aliphatic hydroxyl groups is 1. The van der Waals surface area contributed by atoms with Gasteiger partial charge in [-0.1, -0.05) is 36.0 Å². The molecule has 1 fully saturated rings. The molecule has 1 saturated carbocycles. The van der Waals surface area contributed by atoms with Crippen molar-refractivity contribution in [2.24, 2.45) is 5.41 Å². The average molecular weight is 328 g/mol. The fraction of sp³-hybridized carbons (Fsp3) is 0.438. The van der Waals surface area contributed by atoms with E-state index < -0.39 is 0 Å². The second kappa shape index (κ2) is 7.30. The summed E-state index contributed by atoms with van der Waals surface area (Å²) < 4.78 is 0. The van der Waals surface area contributed by atoms with Crippen molar-refractivity contribution in [2.45, 2.75) is 25.7 Å². The zero-order valence-electron chi connectivity index (χ0n) is 11.7. The molecule has 2 rings (SSSR count). The van der Waals surface area contributed by atoms with Gasteiger partial charge in [0.2, 0.25) is 5.91 Å². The average Bonchev–Trinajstić information content (AvgIpc) is 2.95. The van der Waals surface area contributed by atoms with Gasteiger partial charge in [-0.05, 0) is 42.7 Å². The van der Waals surface area contributed by atoms with Crippen LogP contribution in [0.4, 0.5) is 0 Å². The van der Waals surface area contributed by atoms with Crippen molar-refractivity contribution in [1.82, 2.24) is 5.32 Å². The maximum absolute atomic E-state index is 11.9. The van der Waals surface area contributed by atoms with E-state index in [1.165, 1.54) is 6.08 Å². The van der Waals surface area contributed by atoms with E-state index in [2.05, 4.69) is 5.32 Å². The quantitative estimate of drug-likeness (QED) is 0.810. The summed E-state index contributed by atoms with van der Waals surface area (Å²) in [5, 5.41) is 13.5. The molecule has 0 heterocycles. The molecular formula is C16H19Cl2NO2. The van der Waals surface area contributed by atoms with Crippen LogP contribution in [-0.4, -0.2) is 24.2 Å². The van der Waals surface area contributed by atoms with Crippen molar-refractivity contribution in [2.75, 3.05) is 13.2 Å². The summed E-state index contributed by atoms with van der Waals surface area (Å²) in [7, 11) is 0. The monoisotopic (exact) mass is 327 g/mol. The van der Waals surface area contributed by atoms with Crippen LogP contribution in [0.15, 0.2) is 24.3 Å². The SMILES string of the molecule is O=C(/C=C/c1cc(Cl)ccc1Cl)NCC1(CO)CCCC1. The summed E-state index contributed by atoms with van der Waals surface area (Å²) >= 11 is 11.9. The van der Waals surface area contributed by atoms with Gasteiger partial charge in [0, 0.05) is 28.1 Å². The highest BCUT2D eigenvalue weighted by molar-refractivity contribution is 6.34. The Labute approximate surface area is 134 Å². The molecule has 1 aromatic rings. The number of halogens is 2. The van der Waals surface area contributed by atoms with Gasteiger partial charge in [-0.25, -0.2) is 0 Å². The van der Waals surface area contributed by atoms with E-state index in [9.17, 15) is 9.90 Å². The molecule has 1 aliphatic rings. The maximum atomic E-state index is 11.9. The summed E-state index contributed by atoms with van der Waals surface area (Å²) in [4.78, 5) is 11.9. The molecule has 0 radical (unpaired) electrons. The molecule has 2 N–H and O–H groups in total. The molecule has 114 valence electrons. The van der Waals surface area contributed by atoms with E-state index in [1.807, 2.05) is 0 Å². The smallest absolute Gasteiger partial charge is 0.244 e. The van der Waals surface area contributed by atoms with Crippen LogP contribution < -0.4 is 5.32 Å². The normalized spacial score (nSPS) is 17.3. The Morgan fingerprint density at radius 3 is 2.71 bits per heavy atom. The topological polar surface area (TPSA) is 49.3 Å². The van der Waals surface area contributed by atoms with Crippen LogP contribution >= 0.6 is 23.2 Å².